The Kier molecular flexibility index (Phi) is 4.52. The molecule has 0 aliphatic heterocycles. The summed E-state index contributed by atoms with van der Waals surface area (Å²) in [6.07, 6.45) is 2.37. The van der Waals surface area contributed by atoms with E-state index in [1.165, 1.54) is 6.20 Å². The first kappa shape index (κ1) is 14.0. The van der Waals surface area contributed by atoms with Gasteiger partial charge in [0, 0.05) is 24.6 Å². The van der Waals surface area contributed by atoms with Crippen molar-refractivity contribution in [1.82, 2.24) is 14.8 Å². The zero-order chi connectivity index (χ0) is 13.8. The molecule has 0 fully saturated rings. The lowest BCUT2D eigenvalue weighted by atomic mass is 10.1. The average molecular weight is 282 g/mol. The zero-order valence-corrected chi connectivity index (χ0v) is 11.6. The molecule has 0 saturated heterocycles. The Morgan fingerprint density at radius 3 is 3.00 bits per heavy atom. The van der Waals surface area contributed by atoms with Crippen LogP contribution in [-0.2, 0) is 11.3 Å². The Morgan fingerprint density at radius 2 is 2.32 bits per heavy atom. The number of aliphatic hydroxyl groups is 1. The lowest BCUT2D eigenvalue weighted by Crippen LogP contribution is -2.14. The largest absolute Gasteiger partial charge is 0.383 e. The molecule has 2 aromatic heterocycles. The van der Waals surface area contributed by atoms with Crippen molar-refractivity contribution in [1.29, 1.82) is 0 Å². The van der Waals surface area contributed by atoms with Crippen LogP contribution in [0.4, 0.5) is 0 Å². The van der Waals surface area contributed by atoms with E-state index in [9.17, 15) is 5.11 Å². The van der Waals surface area contributed by atoms with Gasteiger partial charge in [0.1, 0.15) is 6.10 Å². The second-order valence-corrected chi connectivity index (χ2v) is 4.58. The minimum atomic E-state index is -0.847. The number of aromatic nitrogens is 3. The molecule has 1 atom stereocenters. The third-order valence-electron chi connectivity index (χ3n) is 2.94. The van der Waals surface area contributed by atoms with Crippen LogP contribution in [0.5, 0.6) is 0 Å². The van der Waals surface area contributed by atoms with Crippen LogP contribution in [0.2, 0.25) is 5.02 Å². The summed E-state index contributed by atoms with van der Waals surface area (Å²) >= 11 is 6.12. The molecule has 6 heteroatoms. The Balaban J connectivity index is 2.35. The van der Waals surface area contributed by atoms with Crippen molar-refractivity contribution in [2.24, 2.45) is 0 Å². The molecule has 0 aliphatic carbocycles. The number of methoxy groups -OCH3 is 1. The summed E-state index contributed by atoms with van der Waals surface area (Å²) in [7, 11) is 1.62. The monoisotopic (exact) mass is 281 g/mol. The maximum Gasteiger partial charge on any atom is 0.124 e. The van der Waals surface area contributed by atoms with Crippen LogP contribution in [0.1, 0.15) is 23.1 Å². The van der Waals surface area contributed by atoms with E-state index in [-0.39, 0.29) is 0 Å². The summed E-state index contributed by atoms with van der Waals surface area (Å²) in [6.45, 7) is 2.89. The van der Waals surface area contributed by atoms with Crippen molar-refractivity contribution in [3.8, 4) is 0 Å². The van der Waals surface area contributed by atoms with Gasteiger partial charge < -0.3 is 9.84 Å². The number of aryl methyl sites for hydroxylation is 1. The number of rotatable bonds is 5. The minimum absolute atomic E-state index is 0.437. The molecule has 19 heavy (non-hydrogen) atoms. The van der Waals surface area contributed by atoms with E-state index < -0.39 is 6.10 Å². The second-order valence-electron chi connectivity index (χ2n) is 4.17. The molecule has 0 saturated carbocycles. The molecule has 5 nitrogen and oxygen atoms in total. The minimum Gasteiger partial charge on any atom is -0.383 e. The maximum absolute atomic E-state index is 10.5. The lowest BCUT2D eigenvalue weighted by Gasteiger charge is -2.15. The molecule has 2 heterocycles. The highest BCUT2D eigenvalue weighted by molar-refractivity contribution is 6.31. The number of nitrogens with zero attached hydrogens (tertiary/aromatic N) is 3. The molecule has 0 aromatic carbocycles. The summed E-state index contributed by atoms with van der Waals surface area (Å²) in [4.78, 5) is 4.17. The topological polar surface area (TPSA) is 60.2 Å². The summed E-state index contributed by atoms with van der Waals surface area (Å²) < 4.78 is 6.68. The van der Waals surface area contributed by atoms with Gasteiger partial charge in [-0.1, -0.05) is 17.7 Å². The van der Waals surface area contributed by atoms with Crippen LogP contribution in [0.25, 0.3) is 0 Å². The van der Waals surface area contributed by atoms with Crippen LogP contribution >= 0.6 is 11.6 Å². The Bertz CT molecular complexity index is 557. The quantitative estimate of drug-likeness (QED) is 0.910. The van der Waals surface area contributed by atoms with Crippen molar-refractivity contribution in [3.63, 3.8) is 0 Å². The van der Waals surface area contributed by atoms with Crippen molar-refractivity contribution in [2.45, 2.75) is 19.6 Å². The number of hydrogen-bond acceptors (Lipinski definition) is 4. The van der Waals surface area contributed by atoms with E-state index in [4.69, 9.17) is 16.3 Å². The van der Waals surface area contributed by atoms with Gasteiger partial charge in [-0.15, -0.1) is 0 Å². The van der Waals surface area contributed by atoms with Crippen LogP contribution in [0.3, 0.4) is 0 Å². The molecular weight excluding hydrogens is 266 g/mol. The molecule has 0 spiro atoms. The first-order valence-corrected chi connectivity index (χ1v) is 6.32. The third kappa shape index (κ3) is 2.94. The van der Waals surface area contributed by atoms with Crippen molar-refractivity contribution in [2.75, 3.05) is 13.7 Å². The van der Waals surface area contributed by atoms with E-state index in [0.29, 0.717) is 23.9 Å². The standard InChI is InChI=1S/C13H16ClN3O2/c1-9-10(4-3-5-15-9)13(18)12-11(14)8-16-17(12)6-7-19-2/h3-5,8,13,18H,6-7H2,1-2H3. The van der Waals surface area contributed by atoms with Gasteiger partial charge in [0.15, 0.2) is 0 Å². The van der Waals surface area contributed by atoms with Crippen LogP contribution in [0, 0.1) is 6.92 Å². The molecule has 2 aromatic rings. The van der Waals surface area contributed by atoms with E-state index in [1.54, 1.807) is 24.1 Å². The number of ether oxygens (including phenoxy) is 1. The first-order valence-electron chi connectivity index (χ1n) is 5.95. The fourth-order valence-corrected chi connectivity index (χ4v) is 2.18. The van der Waals surface area contributed by atoms with E-state index in [2.05, 4.69) is 10.1 Å². The Hall–Kier alpha value is -1.43. The highest BCUT2D eigenvalue weighted by Gasteiger charge is 2.21. The summed E-state index contributed by atoms with van der Waals surface area (Å²) in [6, 6.07) is 3.62. The number of aliphatic hydroxyl groups excluding tert-OH is 1. The lowest BCUT2D eigenvalue weighted by molar-refractivity contribution is 0.171. The maximum atomic E-state index is 10.5. The summed E-state index contributed by atoms with van der Waals surface area (Å²) in [5.41, 5.74) is 2.06. The highest BCUT2D eigenvalue weighted by atomic mass is 35.5. The number of pyridine rings is 1. The smallest absolute Gasteiger partial charge is 0.124 e. The van der Waals surface area contributed by atoms with Gasteiger partial charge >= 0.3 is 0 Å². The molecule has 102 valence electrons. The van der Waals surface area contributed by atoms with Crippen LogP contribution in [0.15, 0.2) is 24.5 Å². The van der Waals surface area contributed by atoms with Gasteiger partial charge in [0.25, 0.3) is 0 Å². The molecule has 0 bridgehead atoms. The molecule has 0 amide bonds. The summed E-state index contributed by atoms with van der Waals surface area (Å²) in [5, 5.41) is 15.1. The van der Waals surface area contributed by atoms with Gasteiger partial charge in [-0.2, -0.15) is 5.10 Å². The van der Waals surface area contributed by atoms with Gasteiger partial charge in [-0.05, 0) is 13.0 Å². The van der Waals surface area contributed by atoms with Gasteiger partial charge in [0.05, 0.1) is 30.1 Å². The molecule has 1 N–H and O–H groups in total. The van der Waals surface area contributed by atoms with Crippen molar-refractivity contribution < 1.29 is 9.84 Å². The predicted molar refractivity (Wildman–Crippen MR) is 72.1 cm³/mol. The average Bonchev–Trinajstić information content (AvgIpc) is 2.77. The van der Waals surface area contributed by atoms with Crippen molar-refractivity contribution in [3.05, 3.63) is 46.5 Å². The Morgan fingerprint density at radius 1 is 1.53 bits per heavy atom. The van der Waals surface area contributed by atoms with Gasteiger partial charge in [-0.3, -0.25) is 9.67 Å². The summed E-state index contributed by atoms with van der Waals surface area (Å²) in [5.74, 6) is 0. The van der Waals surface area contributed by atoms with Crippen LogP contribution in [-0.4, -0.2) is 33.6 Å². The van der Waals surface area contributed by atoms with Crippen LogP contribution < -0.4 is 0 Å². The Labute approximate surface area is 116 Å². The highest BCUT2D eigenvalue weighted by Crippen LogP contribution is 2.29. The zero-order valence-electron chi connectivity index (χ0n) is 10.9. The molecule has 0 aliphatic rings. The molecule has 2 rings (SSSR count). The number of halogens is 1. The second kappa shape index (κ2) is 6.14. The molecule has 0 radical (unpaired) electrons. The third-order valence-corrected chi connectivity index (χ3v) is 3.23. The molecular formula is C13H16ClN3O2. The normalized spacial score (nSPS) is 12.6. The van der Waals surface area contributed by atoms with E-state index >= 15 is 0 Å². The van der Waals surface area contributed by atoms with Gasteiger partial charge in [-0.25, -0.2) is 0 Å². The fraction of sp³-hybridized carbons (Fsp3) is 0.385. The number of hydrogen-bond donors (Lipinski definition) is 1. The molecule has 1 unspecified atom stereocenters. The van der Waals surface area contributed by atoms with E-state index in [1.807, 2.05) is 13.0 Å². The fourth-order valence-electron chi connectivity index (χ4n) is 1.93. The first-order chi connectivity index (χ1) is 9.15. The van der Waals surface area contributed by atoms with E-state index in [0.717, 1.165) is 11.3 Å². The SMILES string of the molecule is COCCn1ncc(Cl)c1C(O)c1cccnc1C. The van der Waals surface area contributed by atoms with Gasteiger partial charge in [0.2, 0.25) is 0 Å². The van der Waals surface area contributed by atoms with Crippen molar-refractivity contribution >= 4 is 11.6 Å². The predicted octanol–water partition coefficient (Wildman–Crippen LogP) is 1.97.